The van der Waals surface area contributed by atoms with E-state index in [0.29, 0.717) is 28.7 Å². The van der Waals surface area contributed by atoms with Crippen LogP contribution in [0.4, 0.5) is 11.5 Å². The molecule has 6 heteroatoms. The molecule has 1 aromatic carbocycles. The largest absolute Gasteiger partial charge is 0.497 e. The molecule has 0 atom stereocenters. The van der Waals surface area contributed by atoms with Crippen molar-refractivity contribution in [2.45, 2.75) is 6.92 Å². The maximum absolute atomic E-state index is 11.1. The molecule has 0 radical (unpaired) electrons. The second-order valence-electron chi connectivity index (χ2n) is 4.38. The number of carbonyl (C=O) groups is 1. The van der Waals surface area contributed by atoms with Crippen molar-refractivity contribution in [3.8, 4) is 11.5 Å². The van der Waals surface area contributed by atoms with Crippen LogP contribution in [-0.2, 0) is 0 Å². The first-order valence-corrected chi connectivity index (χ1v) is 6.24. The summed E-state index contributed by atoms with van der Waals surface area (Å²) < 4.78 is 10.4. The first kappa shape index (κ1) is 14.6. The summed E-state index contributed by atoms with van der Waals surface area (Å²) >= 11 is 0. The number of rotatable bonds is 5. The zero-order chi connectivity index (χ0) is 15.4. The average molecular weight is 288 g/mol. The summed E-state index contributed by atoms with van der Waals surface area (Å²) in [5.74, 6) is 0.691. The van der Waals surface area contributed by atoms with Gasteiger partial charge in [-0.05, 0) is 31.2 Å². The SMILES string of the molecule is COc1ccc(Nc2cc(C(=O)O)cc(C)n2)c(OC)c1. The van der Waals surface area contributed by atoms with E-state index < -0.39 is 5.97 Å². The molecule has 2 rings (SSSR count). The quantitative estimate of drug-likeness (QED) is 0.880. The fourth-order valence-corrected chi connectivity index (χ4v) is 1.90. The van der Waals surface area contributed by atoms with Crippen molar-refractivity contribution < 1.29 is 19.4 Å². The monoisotopic (exact) mass is 288 g/mol. The van der Waals surface area contributed by atoms with Crippen LogP contribution >= 0.6 is 0 Å². The van der Waals surface area contributed by atoms with Crippen LogP contribution < -0.4 is 14.8 Å². The number of aromatic nitrogens is 1. The van der Waals surface area contributed by atoms with Gasteiger partial charge in [0.2, 0.25) is 0 Å². The standard InChI is InChI=1S/C15H16N2O4/c1-9-6-10(15(18)19)7-14(16-9)17-12-5-4-11(20-2)8-13(12)21-3/h4-8H,1-3H3,(H,16,17)(H,18,19). The van der Waals surface area contributed by atoms with E-state index in [9.17, 15) is 4.79 Å². The molecule has 0 unspecified atom stereocenters. The number of nitrogens with one attached hydrogen (secondary N) is 1. The minimum absolute atomic E-state index is 0.178. The summed E-state index contributed by atoms with van der Waals surface area (Å²) in [6, 6.07) is 8.27. The second-order valence-corrected chi connectivity index (χ2v) is 4.38. The molecular formula is C15H16N2O4. The van der Waals surface area contributed by atoms with Crippen LogP contribution in [0.15, 0.2) is 30.3 Å². The van der Waals surface area contributed by atoms with E-state index in [-0.39, 0.29) is 5.56 Å². The van der Waals surface area contributed by atoms with Gasteiger partial charge in [0.1, 0.15) is 17.3 Å². The normalized spacial score (nSPS) is 10.0. The van der Waals surface area contributed by atoms with E-state index in [1.165, 1.54) is 12.1 Å². The minimum Gasteiger partial charge on any atom is -0.497 e. The highest BCUT2D eigenvalue weighted by Crippen LogP contribution is 2.31. The molecule has 2 N–H and O–H groups in total. The third kappa shape index (κ3) is 3.42. The first-order chi connectivity index (χ1) is 10.0. The fraction of sp³-hybridized carbons (Fsp3) is 0.200. The van der Waals surface area contributed by atoms with Crippen LogP contribution in [0.3, 0.4) is 0 Å². The molecule has 110 valence electrons. The Bertz CT molecular complexity index is 671. The predicted octanol–water partition coefficient (Wildman–Crippen LogP) is 2.85. The van der Waals surface area contributed by atoms with Gasteiger partial charge in [0.15, 0.2) is 0 Å². The van der Waals surface area contributed by atoms with E-state index in [1.807, 2.05) is 0 Å². The summed E-state index contributed by atoms with van der Waals surface area (Å²) in [6.07, 6.45) is 0. The first-order valence-electron chi connectivity index (χ1n) is 6.24. The second kappa shape index (κ2) is 6.13. The highest BCUT2D eigenvalue weighted by Gasteiger charge is 2.10. The Morgan fingerprint density at radius 1 is 1.19 bits per heavy atom. The summed E-state index contributed by atoms with van der Waals surface area (Å²) in [5, 5.41) is 12.1. The topological polar surface area (TPSA) is 80.7 Å². The van der Waals surface area contributed by atoms with Crippen LogP contribution in [0.1, 0.15) is 16.1 Å². The van der Waals surface area contributed by atoms with Crippen LogP contribution in [-0.4, -0.2) is 30.3 Å². The maximum Gasteiger partial charge on any atom is 0.335 e. The van der Waals surface area contributed by atoms with Crippen molar-refractivity contribution in [3.05, 3.63) is 41.6 Å². The number of hydrogen-bond acceptors (Lipinski definition) is 5. The number of anilines is 2. The molecule has 21 heavy (non-hydrogen) atoms. The minimum atomic E-state index is -0.995. The molecule has 0 fully saturated rings. The van der Waals surface area contributed by atoms with Gasteiger partial charge in [-0.15, -0.1) is 0 Å². The van der Waals surface area contributed by atoms with Gasteiger partial charge in [-0.2, -0.15) is 0 Å². The number of carboxylic acids is 1. The van der Waals surface area contributed by atoms with Crippen molar-refractivity contribution >= 4 is 17.5 Å². The third-order valence-electron chi connectivity index (χ3n) is 2.87. The summed E-state index contributed by atoms with van der Waals surface area (Å²) in [4.78, 5) is 15.3. The van der Waals surface area contributed by atoms with Gasteiger partial charge >= 0.3 is 5.97 Å². The van der Waals surface area contributed by atoms with E-state index in [1.54, 1.807) is 39.3 Å². The number of ether oxygens (including phenoxy) is 2. The molecular weight excluding hydrogens is 272 g/mol. The Morgan fingerprint density at radius 2 is 1.95 bits per heavy atom. The number of methoxy groups -OCH3 is 2. The summed E-state index contributed by atoms with van der Waals surface area (Å²) in [5.41, 5.74) is 1.47. The molecule has 0 amide bonds. The van der Waals surface area contributed by atoms with E-state index >= 15 is 0 Å². The van der Waals surface area contributed by atoms with Crippen LogP contribution in [0, 0.1) is 6.92 Å². The lowest BCUT2D eigenvalue weighted by molar-refractivity contribution is 0.0696. The Hall–Kier alpha value is -2.76. The number of aromatic carboxylic acids is 1. The number of nitrogens with zero attached hydrogens (tertiary/aromatic N) is 1. The van der Waals surface area contributed by atoms with Gasteiger partial charge in [0.25, 0.3) is 0 Å². The Labute approximate surface area is 122 Å². The third-order valence-corrected chi connectivity index (χ3v) is 2.87. The Balaban J connectivity index is 2.35. The van der Waals surface area contributed by atoms with Crippen molar-refractivity contribution in [2.75, 3.05) is 19.5 Å². The number of pyridine rings is 1. The summed E-state index contributed by atoms with van der Waals surface area (Å²) in [7, 11) is 3.12. The molecule has 2 aromatic rings. The molecule has 0 bridgehead atoms. The van der Waals surface area contributed by atoms with Gasteiger partial charge < -0.3 is 19.9 Å². The summed E-state index contributed by atoms with van der Waals surface area (Å²) in [6.45, 7) is 1.74. The van der Waals surface area contributed by atoms with Gasteiger partial charge in [-0.1, -0.05) is 0 Å². The Morgan fingerprint density at radius 3 is 2.57 bits per heavy atom. The number of benzene rings is 1. The number of hydrogen-bond donors (Lipinski definition) is 2. The molecule has 0 saturated carbocycles. The lowest BCUT2D eigenvalue weighted by atomic mass is 10.2. The van der Waals surface area contributed by atoms with E-state index in [2.05, 4.69) is 10.3 Å². The van der Waals surface area contributed by atoms with Gasteiger partial charge in [-0.3, -0.25) is 0 Å². The molecule has 1 heterocycles. The van der Waals surface area contributed by atoms with Crippen LogP contribution in [0.2, 0.25) is 0 Å². The molecule has 0 aliphatic carbocycles. The zero-order valence-corrected chi connectivity index (χ0v) is 12.0. The van der Waals surface area contributed by atoms with E-state index in [0.717, 1.165) is 0 Å². The average Bonchev–Trinajstić information content (AvgIpc) is 2.47. The van der Waals surface area contributed by atoms with Crippen LogP contribution in [0.25, 0.3) is 0 Å². The smallest absolute Gasteiger partial charge is 0.335 e. The predicted molar refractivity (Wildman–Crippen MR) is 78.8 cm³/mol. The highest BCUT2D eigenvalue weighted by molar-refractivity contribution is 5.89. The molecule has 0 aliphatic heterocycles. The number of aryl methyl sites for hydroxylation is 1. The molecule has 0 saturated heterocycles. The number of carboxylic acid groups (broad SMARTS) is 1. The zero-order valence-electron chi connectivity index (χ0n) is 12.0. The molecule has 6 nitrogen and oxygen atoms in total. The maximum atomic E-state index is 11.1. The van der Waals surface area contributed by atoms with Crippen molar-refractivity contribution in [2.24, 2.45) is 0 Å². The van der Waals surface area contributed by atoms with Crippen molar-refractivity contribution in [1.82, 2.24) is 4.98 Å². The lowest BCUT2D eigenvalue weighted by Crippen LogP contribution is -2.03. The molecule has 0 aliphatic rings. The fourth-order valence-electron chi connectivity index (χ4n) is 1.90. The highest BCUT2D eigenvalue weighted by atomic mass is 16.5. The van der Waals surface area contributed by atoms with Gasteiger partial charge in [0.05, 0.1) is 25.5 Å². The Kier molecular flexibility index (Phi) is 4.27. The molecule has 1 aromatic heterocycles. The van der Waals surface area contributed by atoms with Crippen LogP contribution in [0.5, 0.6) is 11.5 Å². The van der Waals surface area contributed by atoms with Gasteiger partial charge in [0, 0.05) is 11.8 Å². The van der Waals surface area contributed by atoms with E-state index in [4.69, 9.17) is 14.6 Å². The lowest BCUT2D eigenvalue weighted by Gasteiger charge is -2.12. The molecule has 0 spiro atoms. The van der Waals surface area contributed by atoms with Gasteiger partial charge in [-0.25, -0.2) is 9.78 Å². The van der Waals surface area contributed by atoms with Crippen molar-refractivity contribution in [3.63, 3.8) is 0 Å². The van der Waals surface area contributed by atoms with Crippen molar-refractivity contribution in [1.29, 1.82) is 0 Å².